The van der Waals surface area contributed by atoms with Crippen LogP contribution in [0.15, 0.2) is 30.5 Å². The highest BCUT2D eigenvalue weighted by atomic mass is 16.6. The number of pyridine rings is 2. The number of nitrogens with zero attached hydrogens (tertiary/aromatic N) is 4. The van der Waals surface area contributed by atoms with Gasteiger partial charge in [0.15, 0.2) is 0 Å². The Hall–Kier alpha value is -3.21. The molecule has 0 radical (unpaired) electrons. The molecule has 0 amide bonds. The van der Waals surface area contributed by atoms with Crippen LogP contribution in [-0.2, 0) is 0 Å². The summed E-state index contributed by atoms with van der Waals surface area (Å²) in [5.74, 6) is 1.09. The van der Waals surface area contributed by atoms with Crippen molar-refractivity contribution in [2.45, 2.75) is 6.92 Å². The highest BCUT2D eigenvalue weighted by Crippen LogP contribution is 2.17. The van der Waals surface area contributed by atoms with E-state index >= 15 is 0 Å². The molecule has 0 aliphatic rings. The fourth-order valence-electron chi connectivity index (χ4n) is 1.85. The zero-order valence-corrected chi connectivity index (χ0v) is 11.9. The Morgan fingerprint density at radius 1 is 1.32 bits per heavy atom. The lowest BCUT2D eigenvalue weighted by Crippen LogP contribution is -2.15. The van der Waals surface area contributed by atoms with Crippen LogP contribution in [-0.4, -0.2) is 28.0 Å². The van der Waals surface area contributed by atoms with Gasteiger partial charge in [-0.15, -0.1) is 0 Å². The Bertz CT molecular complexity index is 726. The fraction of sp³-hybridized carbons (Fsp3) is 0.214. The first kappa shape index (κ1) is 15.2. The normalized spacial score (nSPS) is 9.82. The van der Waals surface area contributed by atoms with Gasteiger partial charge in [-0.1, -0.05) is 0 Å². The Morgan fingerprint density at radius 2 is 2.09 bits per heavy atom. The maximum Gasteiger partial charge on any atom is 0.290 e. The van der Waals surface area contributed by atoms with Crippen molar-refractivity contribution in [2.75, 3.05) is 23.7 Å². The van der Waals surface area contributed by atoms with Crippen molar-refractivity contribution in [2.24, 2.45) is 0 Å². The maximum atomic E-state index is 10.7. The van der Waals surface area contributed by atoms with Crippen molar-refractivity contribution in [3.63, 3.8) is 0 Å². The van der Waals surface area contributed by atoms with Crippen LogP contribution in [0.1, 0.15) is 11.3 Å². The minimum atomic E-state index is -0.460. The molecule has 0 spiro atoms. The second-order valence-corrected chi connectivity index (χ2v) is 4.42. The molecule has 2 heterocycles. The lowest BCUT2D eigenvalue weighted by molar-refractivity contribution is -0.385. The first-order chi connectivity index (χ1) is 10.6. The summed E-state index contributed by atoms with van der Waals surface area (Å²) in [5.41, 5.74) is 0.835. The zero-order valence-electron chi connectivity index (χ0n) is 11.9. The molecule has 0 saturated carbocycles. The summed E-state index contributed by atoms with van der Waals surface area (Å²) < 4.78 is 0. The van der Waals surface area contributed by atoms with E-state index in [9.17, 15) is 10.1 Å². The molecular weight excluding hydrogens is 284 g/mol. The van der Waals surface area contributed by atoms with Gasteiger partial charge in [0.2, 0.25) is 0 Å². The number of hydrogen-bond acceptors (Lipinski definition) is 7. The molecule has 2 N–H and O–H groups in total. The average molecular weight is 298 g/mol. The summed E-state index contributed by atoms with van der Waals surface area (Å²) >= 11 is 0. The molecule has 8 heteroatoms. The third-order valence-corrected chi connectivity index (χ3v) is 2.91. The number of nitriles is 1. The van der Waals surface area contributed by atoms with Gasteiger partial charge in [-0.3, -0.25) is 10.1 Å². The second-order valence-electron chi connectivity index (χ2n) is 4.42. The van der Waals surface area contributed by atoms with E-state index < -0.39 is 4.92 Å². The van der Waals surface area contributed by atoms with Crippen LogP contribution >= 0.6 is 0 Å². The van der Waals surface area contributed by atoms with Crippen molar-refractivity contribution in [3.05, 3.63) is 51.8 Å². The van der Waals surface area contributed by atoms with Crippen LogP contribution in [0, 0.1) is 28.4 Å². The molecule has 2 aromatic rings. The zero-order chi connectivity index (χ0) is 15.9. The van der Waals surface area contributed by atoms with Gasteiger partial charge in [0, 0.05) is 25.4 Å². The standard InChI is InChI=1S/C14H14N6O2/c1-10-12(20(21)22)4-5-13(19-10)16-7-8-18-14-11(9-15)3-2-6-17-14/h2-6H,7-8H2,1H3,(H,16,19)(H,17,18). The Kier molecular flexibility index (Phi) is 4.82. The predicted octanol–water partition coefficient (Wildman–Crippen LogP) is 2.09. The van der Waals surface area contributed by atoms with Gasteiger partial charge in [-0.2, -0.15) is 5.26 Å². The van der Waals surface area contributed by atoms with E-state index in [0.717, 1.165) is 0 Å². The Balaban J connectivity index is 1.88. The summed E-state index contributed by atoms with van der Waals surface area (Å²) in [6.45, 7) is 2.66. The molecular formula is C14H14N6O2. The van der Waals surface area contributed by atoms with Crippen molar-refractivity contribution < 1.29 is 4.92 Å². The van der Waals surface area contributed by atoms with E-state index in [4.69, 9.17) is 5.26 Å². The van der Waals surface area contributed by atoms with Gasteiger partial charge in [-0.25, -0.2) is 9.97 Å². The Morgan fingerprint density at radius 3 is 2.77 bits per heavy atom. The summed E-state index contributed by atoms with van der Waals surface area (Å²) in [6.07, 6.45) is 1.61. The third-order valence-electron chi connectivity index (χ3n) is 2.91. The summed E-state index contributed by atoms with van der Waals surface area (Å²) in [4.78, 5) is 18.5. The van der Waals surface area contributed by atoms with E-state index in [1.165, 1.54) is 6.07 Å². The highest BCUT2D eigenvalue weighted by molar-refractivity contribution is 5.51. The molecule has 0 saturated heterocycles. The Labute approximate surface area is 127 Å². The molecule has 0 bridgehead atoms. The summed E-state index contributed by atoms with van der Waals surface area (Å²) in [5, 5.41) is 25.8. The van der Waals surface area contributed by atoms with E-state index in [2.05, 4.69) is 26.7 Å². The summed E-state index contributed by atoms with van der Waals surface area (Å²) in [6, 6.07) is 8.42. The molecule has 0 aromatic carbocycles. The van der Waals surface area contributed by atoms with Gasteiger partial charge < -0.3 is 10.6 Å². The minimum Gasteiger partial charge on any atom is -0.368 e. The van der Waals surface area contributed by atoms with E-state index in [1.54, 1.807) is 31.3 Å². The fourth-order valence-corrected chi connectivity index (χ4v) is 1.85. The van der Waals surface area contributed by atoms with Crippen LogP contribution in [0.4, 0.5) is 17.3 Å². The number of rotatable bonds is 6. The van der Waals surface area contributed by atoms with Crippen LogP contribution in [0.5, 0.6) is 0 Å². The first-order valence-electron chi connectivity index (χ1n) is 6.56. The summed E-state index contributed by atoms with van der Waals surface area (Å²) in [7, 11) is 0. The van der Waals surface area contributed by atoms with Crippen molar-refractivity contribution in [1.29, 1.82) is 5.26 Å². The predicted molar refractivity (Wildman–Crippen MR) is 81.6 cm³/mol. The SMILES string of the molecule is Cc1nc(NCCNc2ncccc2C#N)ccc1[N+](=O)[O-]. The molecule has 0 aliphatic carbocycles. The van der Waals surface area contributed by atoms with E-state index in [-0.39, 0.29) is 5.69 Å². The molecule has 2 rings (SSSR count). The van der Waals surface area contributed by atoms with Crippen molar-refractivity contribution in [3.8, 4) is 6.07 Å². The molecule has 2 aromatic heterocycles. The number of hydrogen-bond donors (Lipinski definition) is 2. The van der Waals surface area contributed by atoms with Gasteiger partial charge in [-0.05, 0) is 25.1 Å². The van der Waals surface area contributed by atoms with Gasteiger partial charge in [0.05, 0.1) is 10.5 Å². The monoisotopic (exact) mass is 298 g/mol. The molecule has 0 fully saturated rings. The smallest absolute Gasteiger partial charge is 0.290 e. The van der Waals surface area contributed by atoms with E-state index in [1.807, 2.05) is 0 Å². The van der Waals surface area contributed by atoms with Gasteiger partial charge in [0.1, 0.15) is 23.4 Å². The largest absolute Gasteiger partial charge is 0.368 e. The number of anilines is 2. The molecule has 112 valence electrons. The first-order valence-corrected chi connectivity index (χ1v) is 6.56. The highest BCUT2D eigenvalue weighted by Gasteiger charge is 2.11. The van der Waals surface area contributed by atoms with Gasteiger partial charge in [0.25, 0.3) is 5.69 Å². The number of aryl methyl sites for hydroxylation is 1. The lowest BCUT2D eigenvalue weighted by Gasteiger charge is -2.09. The second kappa shape index (κ2) is 6.99. The van der Waals surface area contributed by atoms with Crippen LogP contribution < -0.4 is 10.6 Å². The lowest BCUT2D eigenvalue weighted by atomic mass is 10.3. The van der Waals surface area contributed by atoms with Crippen LogP contribution in [0.3, 0.4) is 0 Å². The molecule has 0 atom stereocenters. The minimum absolute atomic E-state index is 0.00387. The molecule has 22 heavy (non-hydrogen) atoms. The molecule has 8 nitrogen and oxygen atoms in total. The number of nitro groups is 1. The molecule has 0 aliphatic heterocycles. The van der Waals surface area contributed by atoms with Crippen molar-refractivity contribution in [1.82, 2.24) is 9.97 Å². The maximum absolute atomic E-state index is 10.7. The van der Waals surface area contributed by atoms with E-state index in [0.29, 0.717) is 36.0 Å². The average Bonchev–Trinajstić information content (AvgIpc) is 2.51. The number of nitrogens with one attached hydrogen (secondary N) is 2. The van der Waals surface area contributed by atoms with Crippen LogP contribution in [0.25, 0.3) is 0 Å². The molecule has 0 unspecified atom stereocenters. The van der Waals surface area contributed by atoms with Crippen LogP contribution in [0.2, 0.25) is 0 Å². The number of aromatic nitrogens is 2. The topological polar surface area (TPSA) is 117 Å². The van der Waals surface area contributed by atoms with Crippen molar-refractivity contribution >= 4 is 17.3 Å². The third kappa shape index (κ3) is 3.67. The quantitative estimate of drug-likeness (QED) is 0.476. The van der Waals surface area contributed by atoms with Gasteiger partial charge >= 0.3 is 0 Å².